The lowest BCUT2D eigenvalue weighted by atomic mass is 9.57. The fourth-order valence-corrected chi connectivity index (χ4v) is 4.97. The summed E-state index contributed by atoms with van der Waals surface area (Å²) in [5.74, 6) is -1.04. The Balaban J connectivity index is 2.36. The molecule has 1 fully saturated rings. The van der Waals surface area contributed by atoms with Crippen LogP contribution in [0.2, 0.25) is 0 Å². The van der Waals surface area contributed by atoms with Crippen molar-refractivity contribution >= 4 is 15.9 Å². The first-order valence-corrected chi connectivity index (χ1v) is 8.14. The number of hydrogen-bond donors (Lipinski definition) is 1. The van der Waals surface area contributed by atoms with E-state index >= 15 is 0 Å². The van der Waals surface area contributed by atoms with Gasteiger partial charge in [0.25, 0.3) is 0 Å². The molecule has 1 aliphatic rings. The van der Waals surface area contributed by atoms with Crippen molar-refractivity contribution in [2.24, 2.45) is 16.6 Å². The summed E-state index contributed by atoms with van der Waals surface area (Å²) in [5.41, 5.74) is 6.26. The van der Waals surface area contributed by atoms with Gasteiger partial charge in [0.1, 0.15) is 11.6 Å². The first-order valence-electron chi connectivity index (χ1n) is 7.34. The van der Waals surface area contributed by atoms with E-state index in [-0.39, 0.29) is 27.3 Å². The molecular weight excluding hydrogens is 336 g/mol. The third-order valence-corrected chi connectivity index (χ3v) is 4.90. The molecule has 118 valence electrons. The molecule has 1 nitrogen and oxygen atoms in total. The van der Waals surface area contributed by atoms with E-state index < -0.39 is 17.2 Å². The summed E-state index contributed by atoms with van der Waals surface area (Å²) in [4.78, 5) is 0. The van der Waals surface area contributed by atoms with Gasteiger partial charge in [0.2, 0.25) is 0 Å². The molecule has 2 N–H and O–H groups in total. The summed E-state index contributed by atoms with van der Waals surface area (Å²) in [6.45, 7) is 8.73. The number of halogens is 3. The van der Waals surface area contributed by atoms with Crippen LogP contribution < -0.4 is 5.73 Å². The van der Waals surface area contributed by atoms with Crippen LogP contribution in [-0.2, 0) is 6.42 Å². The number of rotatable bonds is 2. The molecule has 1 aromatic rings. The SMILES string of the molecule is CC1(C)CC(C)(C)CC(N)(Cc2c(F)ccc(Br)c2F)C1. The van der Waals surface area contributed by atoms with E-state index in [9.17, 15) is 8.78 Å². The van der Waals surface area contributed by atoms with Gasteiger partial charge in [-0.3, -0.25) is 0 Å². The van der Waals surface area contributed by atoms with Crippen molar-refractivity contribution in [1.82, 2.24) is 0 Å². The molecule has 0 heterocycles. The van der Waals surface area contributed by atoms with Crippen molar-refractivity contribution in [3.8, 4) is 0 Å². The molecule has 0 aliphatic heterocycles. The minimum atomic E-state index is -0.576. The van der Waals surface area contributed by atoms with Gasteiger partial charge in [-0.1, -0.05) is 27.7 Å². The normalized spacial score (nSPS) is 23.0. The van der Waals surface area contributed by atoms with E-state index in [0.717, 1.165) is 19.3 Å². The van der Waals surface area contributed by atoms with Crippen LogP contribution >= 0.6 is 15.9 Å². The molecule has 0 atom stereocenters. The van der Waals surface area contributed by atoms with Crippen LogP contribution in [0, 0.1) is 22.5 Å². The summed E-state index contributed by atoms with van der Waals surface area (Å²) < 4.78 is 28.5. The average Bonchev–Trinajstić information content (AvgIpc) is 2.25. The molecule has 21 heavy (non-hydrogen) atoms. The van der Waals surface area contributed by atoms with Crippen LogP contribution in [0.1, 0.15) is 52.5 Å². The zero-order chi connectivity index (χ0) is 16.1. The minimum absolute atomic E-state index is 0.0788. The Kier molecular flexibility index (Phi) is 4.27. The van der Waals surface area contributed by atoms with Crippen LogP contribution in [0.5, 0.6) is 0 Å². The monoisotopic (exact) mass is 359 g/mol. The third-order valence-electron chi connectivity index (χ3n) is 4.29. The van der Waals surface area contributed by atoms with E-state index in [1.165, 1.54) is 12.1 Å². The Morgan fingerprint density at radius 2 is 1.57 bits per heavy atom. The highest BCUT2D eigenvalue weighted by Gasteiger charge is 2.45. The lowest BCUT2D eigenvalue weighted by Gasteiger charge is -2.50. The lowest BCUT2D eigenvalue weighted by Crippen LogP contribution is -2.53. The summed E-state index contributed by atoms with van der Waals surface area (Å²) in [6, 6.07) is 2.69. The van der Waals surface area contributed by atoms with Gasteiger partial charge in [-0.15, -0.1) is 0 Å². The Morgan fingerprint density at radius 3 is 2.10 bits per heavy atom. The van der Waals surface area contributed by atoms with Gasteiger partial charge in [0, 0.05) is 11.1 Å². The first kappa shape index (κ1) is 16.9. The van der Waals surface area contributed by atoms with Crippen LogP contribution in [0.25, 0.3) is 0 Å². The highest BCUT2D eigenvalue weighted by molar-refractivity contribution is 9.10. The Morgan fingerprint density at radius 1 is 1.05 bits per heavy atom. The van der Waals surface area contributed by atoms with Crippen LogP contribution in [0.3, 0.4) is 0 Å². The molecule has 0 radical (unpaired) electrons. The molecule has 1 aliphatic carbocycles. The number of hydrogen-bond acceptors (Lipinski definition) is 1. The molecule has 1 saturated carbocycles. The van der Waals surface area contributed by atoms with Gasteiger partial charge in [0.15, 0.2) is 0 Å². The first-order chi connectivity index (χ1) is 9.43. The second kappa shape index (κ2) is 5.31. The van der Waals surface area contributed by atoms with Crippen LogP contribution in [0.4, 0.5) is 8.78 Å². The standard InChI is InChI=1S/C17H24BrF2N/c1-15(2)8-16(3,4)10-17(21,9-15)7-11-13(19)6-5-12(18)14(11)20/h5-6H,7-10,21H2,1-4H3. The summed E-state index contributed by atoms with van der Waals surface area (Å²) in [7, 11) is 0. The van der Waals surface area contributed by atoms with Crippen molar-refractivity contribution in [3.05, 3.63) is 33.8 Å². The highest BCUT2D eigenvalue weighted by atomic mass is 79.9. The maximum atomic E-state index is 14.2. The van der Waals surface area contributed by atoms with Gasteiger partial charge in [0.05, 0.1) is 4.47 Å². The predicted octanol–water partition coefficient (Wildman–Crippen LogP) is 5.20. The molecule has 2 rings (SSSR count). The Hall–Kier alpha value is -0.480. The Labute approximate surface area is 134 Å². The van der Waals surface area contributed by atoms with E-state index in [1.807, 2.05) is 0 Å². The summed E-state index contributed by atoms with van der Waals surface area (Å²) >= 11 is 3.13. The topological polar surface area (TPSA) is 26.0 Å². The second-order valence-corrected chi connectivity index (χ2v) is 9.07. The summed E-state index contributed by atoms with van der Waals surface area (Å²) in [6.07, 6.45) is 2.85. The van der Waals surface area contributed by atoms with E-state index in [0.29, 0.717) is 0 Å². The van der Waals surface area contributed by atoms with Gasteiger partial charge < -0.3 is 5.73 Å². The molecular formula is C17H24BrF2N. The average molecular weight is 360 g/mol. The van der Waals surface area contributed by atoms with E-state index in [4.69, 9.17) is 5.73 Å². The number of benzene rings is 1. The van der Waals surface area contributed by atoms with Gasteiger partial charge in [-0.25, -0.2) is 8.78 Å². The van der Waals surface area contributed by atoms with Crippen LogP contribution in [-0.4, -0.2) is 5.54 Å². The van der Waals surface area contributed by atoms with Crippen molar-refractivity contribution in [2.45, 2.75) is 58.9 Å². The van der Waals surface area contributed by atoms with E-state index in [1.54, 1.807) is 0 Å². The smallest absolute Gasteiger partial charge is 0.143 e. The fourth-order valence-electron chi connectivity index (χ4n) is 4.60. The molecule has 0 spiro atoms. The Bertz CT molecular complexity index is 536. The third kappa shape index (κ3) is 3.84. The largest absolute Gasteiger partial charge is 0.325 e. The molecule has 0 bridgehead atoms. The fraction of sp³-hybridized carbons (Fsp3) is 0.647. The van der Waals surface area contributed by atoms with Crippen molar-refractivity contribution < 1.29 is 8.78 Å². The molecule has 1 aromatic carbocycles. The molecule has 0 amide bonds. The maximum Gasteiger partial charge on any atom is 0.143 e. The minimum Gasteiger partial charge on any atom is -0.325 e. The number of nitrogens with two attached hydrogens (primary N) is 1. The van der Waals surface area contributed by atoms with Crippen LogP contribution in [0.15, 0.2) is 16.6 Å². The maximum absolute atomic E-state index is 14.2. The lowest BCUT2D eigenvalue weighted by molar-refractivity contribution is 0.0479. The van der Waals surface area contributed by atoms with Gasteiger partial charge in [-0.05, 0) is 64.6 Å². The molecule has 0 saturated heterocycles. The molecule has 0 unspecified atom stereocenters. The molecule has 0 aromatic heterocycles. The van der Waals surface area contributed by atoms with Gasteiger partial charge in [-0.2, -0.15) is 0 Å². The summed E-state index contributed by atoms with van der Waals surface area (Å²) in [5, 5.41) is 0. The predicted molar refractivity (Wildman–Crippen MR) is 86.1 cm³/mol. The van der Waals surface area contributed by atoms with Crippen molar-refractivity contribution in [1.29, 1.82) is 0 Å². The van der Waals surface area contributed by atoms with E-state index in [2.05, 4.69) is 43.6 Å². The highest BCUT2D eigenvalue weighted by Crippen LogP contribution is 2.50. The zero-order valence-electron chi connectivity index (χ0n) is 13.2. The molecule has 4 heteroatoms. The van der Waals surface area contributed by atoms with Crippen molar-refractivity contribution in [3.63, 3.8) is 0 Å². The van der Waals surface area contributed by atoms with Crippen molar-refractivity contribution in [2.75, 3.05) is 0 Å². The quantitative estimate of drug-likeness (QED) is 0.721. The second-order valence-electron chi connectivity index (χ2n) is 8.22. The zero-order valence-corrected chi connectivity index (χ0v) is 14.8. The van der Waals surface area contributed by atoms with Gasteiger partial charge >= 0.3 is 0 Å².